The molecule has 0 aliphatic heterocycles. The van der Waals surface area contributed by atoms with Crippen molar-refractivity contribution in [3.8, 4) is 11.5 Å². The van der Waals surface area contributed by atoms with E-state index in [1.807, 2.05) is 54.6 Å². The van der Waals surface area contributed by atoms with Crippen molar-refractivity contribution in [2.75, 3.05) is 0 Å². The molecule has 0 bridgehead atoms. The van der Waals surface area contributed by atoms with E-state index in [0.717, 1.165) is 23.5 Å². The molecule has 0 heterocycles. The summed E-state index contributed by atoms with van der Waals surface area (Å²) >= 11 is 0. The van der Waals surface area contributed by atoms with Crippen LogP contribution in [0, 0.1) is 0 Å². The summed E-state index contributed by atoms with van der Waals surface area (Å²) < 4.78 is 5.68. The summed E-state index contributed by atoms with van der Waals surface area (Å²) in [5, 5.41) is 8.58. The Hall–Kier alpha value is -2.29. The zero-order chi connectivity index (χ0) is 13.5. The molecule has 2 aromatic rings. The first-order chi connectivity index (χ1) is 9.24. The second-order valence-corrected chi connectivity index (χ2v) is 4.31. The molecule has 0 amide bonds. The maximum Gasteiger partial charge on any atom is 0.303 e. The minimum absolute atomic E-state index is 0.211. The first-order valence-corrected chi connectivity index (χ1v) is 6.28. The van der Waals surface area contributed by atoms with Gasteiger partial charge in [0.05, 0.1) is 0 Å². The molecule has 1 N–H and O–H groups in total. The van der Waals surface area contributed by atoms with E-state index in [1.165, 1.54) is 0 Å². The Kier molecular flexibility index (Phi) is 4.56. The van der Waals surface area contributed by atoms with Crippen molar-refractivity contribution in [2.45, 2.75) is 19.3 Å². The molecule has 0 fully saturated rings. The second kappa shape index (κ2) is 6.59. The fourth-order valence-electron chi connectivity index (χ4n) is 1.79. The number of carboxylic acids is 1. The second-order valence-electron chi connectivity index (χ2n) is 4.31. The molecule has 3 heteroatoms. The summed E-state index contributed by atoms with van der Waals surface area (Å²) in [6, 6.07) is 17.4. The van der Waals surface area contributed by atoms with Crippen LogP contribution >= 0.6 is 0 Å². The molecule has 0 unspecified atom stereocenters. The number of benzene rings is 2. The number of ether oxygens (including phenoxy) is 1. The fourth-order valence-corrected chi connectivity index (χ4v) is 1.79. The molecule has 0 radical (unpaired) electrons. The zero-order valence-electron chi connectivity index (χ0n) is 10.6. The van der Waals surface area contributed by atoms with Gasteiger partial charge < -0.3 is 9.84 Å². The van der Waals surface area contributed by atoms with Gasteiger partial charge in [0.1, 0.15) is 11.5 Å². The third-order valence-electron chi connectivity index (χ3n) is 2.76. The van der Waals surface area contributed by atoms with Gasteiger partial charge in [-0.3, -0.25) is 4.79 Å². The zero-order valence-corrected chi connectivity index (χ0v) is 10.6. The van der Waals surface area contributed by atoms with Gasteiger partial charge in [0, 0.05) is 6.42 Å². The third kappa shape index (κ3) is 4.47. The van der Waals surface area contributed by atoms with Crippen LogP contribution in [0.5, 0.6) is 11.5 Å². The predicted octanol–water partition coefficient (Wildman–Crippen LogP) is 3.89. The monoisotopic (exact) mass is 256 g/mol. The fraction of sp³-hybridized carbons (Fsp3) is 0.188. The standard InChI is InChI=1S/C16H16O3/c17-16(18)8-4-5-13-9-11-15(12-10-13)19-14-6-2-1-3-7-14/h1-3,6-7,9-12H,4-5,8H2,(H,17,18). The van der Waals surface area contributed by atoms with E-state index in [-0.39, 0.29) is 6.42 Å². The Bertz CT molecular complexity index is 517. The van der Waals surface area contributed by atoms with E-state index < -0.39 is 5.97 Å². The highest BCUT2D eigenvalue weighted by atomic mass is 16.5. The number of rotatable bonds is 6. The largest absolute Gasteiger partial charge is 0.481 e. The van der Waals surface area contributed by atoms with Crippen LogP contribution in [0.25, 0.3) is 0 Å². The normalized spacial score (nSPS) is 10.1. The quantitative estimate of drug-likeness (QED) is 0.853. The first kappa shape index (κ1) is 13.1. The van der Waals surface area contributed by atoms with Gasteiger partial charge in [-0.2, -0.15) is 0 Å². The molecule has 0 saturated heterocycles. The van der Waals surface area contributed by atoms with Gasteiger partial charge in [-0.05, 0) is 42.7 Å². The third-order valence-corrected chi connectivity index (χ3v) is 2.76. The number of para-hydroxylation sites is 1. The van der Waals surface area contributed by atoms with Gasteiger partial charge in [0.25, 0.3) is 0 Å². The lowest BCUT2D eigenvalue weighted by atomic mass is 10.1. The van der Waals surface area contributed by atoms with E-state index in [9.17, 15) is 4.79 Å². The number of carbonyl (C=O) groups is 1. The maximum atomic E-state index is 10.4. The molecule has 0 aromatic heterocycles. The van der Waals surface area contributed by atoms with Crippen molar-refractivity contribution in [3.63, 3.8) is 0 Å². The van der Waals surface area contributed by atoms with Gasteiger partial charge >= 0.3 is 5.97 Å². The van der Waals surface area contributed by atoms with Gasteiger partial charge in [-0.15, -0.1) is 0 Å². The number of hydrogen-bond donors (Lipinski definition) is 1. The SMILES string of the molecule is O=C(O)CCCc1ccc(Oc2ccccc2)cc1. The van der Waals surface area contributed by atoms with Crippen LogP contribution in [0.1, 0.15) is 18.4 Å². The van der Waals surface area contributed by atoms with Crippen LogP contribution in [-0.4, -0.2) is 11.1 Å². The Labute approximate surface area is 112 Å². The number of aryl methyl sites for hydroxylation is 1. The molecule has 0 aliphatic rings. The van der Waals surface area contributed by atoms with E-state index in [2.05, 4.69) is 0 Å². The Morgan fingerprint density at radius 1 is 0.947 bits per heavy atom. The average molecular weight is 256 g/mol. The van der Waals surface area contributed by atoms with Gasteiger partial charge in [-0.1, -0.05) is 30.3 Å². The van der Waals surface area contributed by atoms with E-state index >= 15 is 0 Å². The van der Waals surface area contributed by atoms with E-state index in [4.69, 9.17) is 9.84 Å². The summed E-state index contributed by atoms with van der Waals surface area (Å²) in [4.78, 5) is 10.4. The lowest BCUT2D eigenvalue weighted by molar-refractivity contribution is -0.137. The lowest BCUT2D eigenvalue weighted by Gasteiger charge is -2.06. The average Bonchev–Trinajstić information content (AvgIpc) is 2.42. The lowest BCUT2D eigenvalue weighted by Crippen LogP contribution is -1.95. The highest BCUT2D eigenvalue weighted by Crippen LogP contribution is 2.21. The number of hydrogen-bond acceptors (Lipinski definition) is 2. The highest BCUT2D eigenvalue weighted by molar-refractivity contribution is 5.66. The van der Waals surface area contributed by atoms with Crippen LogP contribution in [0.4, 0.5) is 0 Å². The van der Waals surface area contributed by atoms with Crippen molar-refractivity contribution < 1.29 is 14.6 Å². The molecule has 0 atom stereocenters. The predicted molar refractivity (Wildman–Crippen MR) is 73.5 cm³/mol. The van der Waals surface area contributed by atoms with Crippen LogP contribution < -0.4 is 4.74 Å². The van der Waals surface area contributed by atoms with Crippen molar-refractivity contribution in [1.82, 2.24) is 0 Å². The van der Waals surface area contributed by atoms with Crippen LogP contribution in [0.15, 0.2) is 54.6 Å². The summed E-state index contributed by atoms with van der Waals surface area (Å²) in [7, 11) is 0. The Morgan fingerprint density at radius 2 is 1.58 bits per heavy atom. The smallest absolute Gasteiger partial charge is 0.303 e. The molecule has 0 spiro atoms. The van der Waals surface area contributed by atoms with Gasteiger partial charge in [0.15, 0.2) is 0 Å². The van der Waals surface area contributed by atoms with Crippen molar-refractivity contribution >= 4 is 5.97 Å². The molecule has 2 aromatic carbocycles. The molecule has 3 nitrogen and oxygen atoms in total. The Balaban J connectivity index is 1.89. The minimum atomic E-state index is -0.746. The summed E-state index contributed by atoms with van der Waals surface area (Å²) in [6.07, 6.45) is 1.65. The van der Waals surface area contributed by atoms with Crippen LogP contribution in [0.2, 0.25) is 0 Å². The topological polar surface area (TPSA) is 46.5 Å². The van der Waals surface area contributed by atoms with Crippen molar-refractivity contribution in [2.24, 2.45) is 0 Å². The van der Waals surface area contributed by atoms with E-state index in [0.29, 0.717) is 6.42 Å². The van der Waals surface area contributed by atoms with Crippen molar-refractivity contribution in [1.29, 1.82) is 0 Å². The molecule has 0 aliphatic carbocycles. The molecular weight excluding hydrogens is 240 g/mol. The molecule has 98 valence electrons. The van der Waals surface area contributed by atoms with E-state index in [1.54, 1.807) is 0 Å². The number of carboxylic acid groups (broad SMARTS) is 1. The maximum absolute atomic E-state index is 10.4. The van der Waals surface area contributed by atoms with Crippen LogP contribution in [-0.2, 0) is 11.2 Å². The molecule has 19 heavy (non-hydrogen) atoms. The molecule has 2 rings (SSSR count). The number of aliphatic carboxylic acids is 1. The Morgan fingerprint density at radius 3 is 2.21 bits per heavy atom. The van der Waals surface area contributed by atoms with Crippen LogP contribution in [0.3, 0.4) is 0 Å². The summed E-state index contributed by atoms with van der Waals surface area (Å²) in [5.41, 5.74) is 1.13. The van der Waals surface area contributed by atoms with Gasteiger partial charge in [0.2, 0.25) is 0 Å². The van der Waals surface area contributed by atoms with Crippen molar-refractivity contribution in [3.05, 3.63) is 60.2 Å². The molecular formula is C16H16O3. The summed E-state index contributed by atoms with van der Waals surface area (Å²) in [6.45, 7) is 0. The molecule has 0 saturated carbocycles. The minimum Gasteiger partial charge on any atom is -0.481 e. The highest BCUT2D eigenvalue weighted by Gasteiger charge is 2.00. The summed E-state index contributed by atoms with van der Waals surface area (Å²) in [5.74, 6) is 0.846. The van der Waals surface area contributed by atoms with Gasteiger partial charge in [-0.25, -0.2) is 0 Å². The first-order valence-electron chi connectivity index (χ1n) is 6.28.